The van der Waals surface area contributed by atoms with E-state index in [0.29, 0.717) is 6.20 Å². The summed E-state index contributed by atoms with van der Waals surface area (Å²) in [6, 6.07) is 0. The Morgan fingerprint density at radius 2 is 2.00 bits per heavy atom. The second-order valence-corrected chi connectivity index (χ2v) is 2.97. The molecule has 8 heteroatoms. The molecule has 0 N–H and O–H groups in total. The lowest BCUT2D eigenvalue weighted by Gasteiger charge is -2.03. The largest absolute Gasteiger partial charge is 0.307 e. The van der Waals surface area contributed by atoms with Gasteiger partial charge in [0.15, 0.2) is 0 Å². The molecule has 0 saturated heterocycles. The maximum absolute atomic E-state index is 12.2. The zero-order chi connectivity index (χ0) is 10.9. The van der Waals surface area contributed by atoms with Crippen LogP contribution in [0.1, 0.15) is 12.1 Å². The summed E-state index contributed by atoms with van der Waals surface area (Å²) in [5, 5.41) is 9.18. The van der Waals surface area contributed by atoms with Crippen molar-refractivity contribution in [1.82, 2.24) is 4.98 Å². The van der Waals surface area contributed by atoms with Gasteiger partial charge in [-0.25, -0.2) is 13.8 Å². The molecule has 0 aliphatic heterocycles. The molecule has 0 radical (unpaired) electrons. The third-order valence-electron chi connectivity index (χ3n) is 1.37. The average Bonchev–Trinajstić information content (AvgIpc) is 2.08. The molecule has 0 amide bonds. The third kappa shape index (κ3) is 1.91. The lowest BCUT2D eigenvalue weighted by atomic mass is 10.3. The Labute approximate surface area is 86.6 Å². The fourth-order valence-corrected chi connectivity index (χ4v) is 1.19. The first-order valence-electron chi connectivity index (χ1n) is 3.21. The van der Waals surface area contributed by atoms with Gasteiger partial charge in [-0.1, -0.05) is 23.2 Å². The summed E-state index contributed by atoms with van der Waals surface area (Å²) < 4.78 is 24.3. The first kappa shape index (κ1) is 11.1. The van der Waals surface area contributed by atoms with Gasteiger partial charge < -0.3 is 0 Å². The van der Waals surface area contributed by atoms with E-state index in [1.54, 1.807) is 0 Å². The van der Waals surface area contributed by atoms with Crippen molar-refractivity contribution in [2.24, 2.45) is 0 Å². The van der Waals surface area contributed by atoms with Crippen molar-refractivity contribution in [2.45, 2.75) is 6.43 Å². The topological polar surface area (TPSA) is 56.0 Å². The average molecular weight is 243 g/mol. The van der Waals surface area contributed by atoms with Gasteiger partial charge in [0.25, 0.3) is 6.43 Å². The van der Waals surface area contributed by atoms with E-state index in [9.17, 15) is 18.9 Å². The number of rotatable bonds is 2. The van der Waals surface area contributed by atoms with Crippen molar-refractivity contribution in [2.75, 3.05) is 0 Å². The van der Waals surface area contributed by atoms with Crippen LogP contribution in [0.25, 0.3) is 0 Å². The van der Waals surface area contributed by atoms with E-state index >= 15 is 0 Å². The van der Waals surface area contributed by atoms with E-state index in [4.69, 9.17) is 23.2 Å². The number of nitro groups is 1. The Morgan fingerprint density at radius 3 is 2.43 bits per heavy atom. The molecule has 76 valence electrons. The number of aromatic nitrogens is 1. The van der Waals surface area contributed by atoms with E-state index in [1.165, 1.54) is 0 Å². The molecule has 0 aliphatic rings. The van der Waals surface area contributed by atoms with Gasteiger partial charge in [0.2, 0.25) is 0 Å². The molecule has 1 rings (SSSR count). The second-order valence-electron chi connectivity index (χ2n) is 2.21. The van der Waals surface area contributed by atoms with E-state index in [-0.39, 0.29) is 0 Å². The zero-order valence-corrected chi connectivity index (χ0v) is 7.89. The lowest BCUT2D eigenvalue weighted by molar-refractivity contribution is -0.385. The van der Waals surface area contributed by atoms with Crippen LogP contribution in [0.4, 0.5) is 14.5 Å². The molecular formula is C6H2Cl2F2N2O2. The van der Waals surface area contributed by atoms with Gasteiger partial charge in [-0.3, -0.25) is 10.1 Å². The van der Waals surface area contributed by atoms with Gasteiger partial charge in [0, 0.05) is 0 Å². The monoisotopic (exact) mass is 242 g/mol. The molecular weight excluding hydrogens is 241 g/mol. The number of pyridine rings is 1. The van der Waals surface area contributed by atoms with Crippen LogP contribution >= 0.6 is 23.2 Å². The minimum Gasteiger partial charge on any atom is -0.258 e. The van der Waals surface area contributed by atoms with Gasteiger partial charge in [0.05, 0.1) is 9.95 Å². The molecule has 0 aliphatic carbocycles. The van der Waals surface area contributed by atoms with Gasteiger partial charge in [0.1, 0.15) is 16.9 Å². The normalized spacial score (nSPS) is 10.6. The summed E-state index contributed by atoms with van der Waals surface area (Å²) in [6.45, 7) is 0. The Balaban J connectivity index is 3.33. The second kappa shape index (κ2) is 4.02. The summed E-state index contributed by atoms with van der Waals surface area (Å²) in [7, 11) is 0. The lowest BCUT2D eigenvalue weighted by Crippen LogP contribution is -1.97. The fraction of sp³-hybridized carbons (Fsp3) is 0.167. The Kier molecular flexibility index (Phi) is 3.17. The van der Waals surface area contributed by atoms with E-state index in [1.807, 2.05) is 0 Å². The SMILES string of the molecule is O=[N+]([O-])c1cnc(C(F)F)c(Cl)c1Cl. The molecule has 0 fully saturated rings. The highest BCUT2D eigenvalue weighted by Gasteiger charge is 2.23. The zero-order valence-electron chi connectivity index (χ0n) is 6.38. The van der Waals surface area contributed by atoms with E-state index in [0.717, 1.165) is 0 Å². The molecule has 4 nitrogen and oxygen atoms in total. The van der Waals surface area contributed by atoms with E-state index in [2.05, 4.69) is 4.98 Å². The van der Waals surface area contributed by atoms with Crippen molar-refractivity contribution in [1.29, 1.82) is 0 Å². The summed E-state index contributed by atoms with van der Waals surface area (Å²) in [4.78, 5) is 12.6. The van der Waals surface area contributed by atoms with Gasteiger partial charge in [-0.05, 0) is 0 Å². The molecule has 1 heterocycles. The first-order valence-corrected chi connectivity index (χ1v) is 3.97. The standard InChI is InChI=1S/C6H2Cl2F2N2O2/c7-3-2(12(13)14)1-11-5(4(3)8)6(9)10/h1,6H. The molecule has 0 unspecified atom stereocenters. The quantitative estimate of drug-likeness (QED) is 0.591. The third-order valence-corrected chi connectivity index (χ3v) is 2.23. The van der Waals surface area contributed by atoms with Crippen molar-refractivity contribution < 1.29 is 13.7 Å². The molecule has 0 atom stereocenters. The molecule has 0 spiro atoms. The molecule has 0 bridgehead atoms. The van der Waals surface area contributed by atoms with Crippen LogP contribution in [-0.2, 0) is 0 Å². The number of nitrogens with zero attached hydrogens (tertiary/aromatic N) is 2. The van der Waals surface area contributed by atoms with Crippen LogP contribution in [-0.4, -0.2) is 9.91 Å². The fourth-order valence-electron chi connectivity index (χ4n) is 0.748. The van der Waals surface area contributed by atoms with E-state index < -0.39 is 32.8 Å². The first-order chi connectivity index (χ1) is 6.45. The predicted octanol–water partition coefficient (Wildman–Crippen LogP) is 3.23. The van der Waals surface area contributed by atoms with Gasteiger partial charge >= 0.3 is 5.69 Å². The van der Waals surface area contributed by atoms with Crippen molar-refractivity contribution in [3.05, 3.63) is 32.1 Å². The minimum absolute atomic E-state index is 0.526. The summed E-state index contributed by atoms with van der Waals surface area (Å²) in [5.74, 6) is 0. The highest BCUT2D eigenvalue weighted by Crippen LogP contribution is 2.36. The highest BCUT2D eigenvalue weighted by molar-refractivity contribution is 6.43. The Bertz CT molecular complexity index is 386. The highest BCUT2D eigenvalue weighted by atomic mass is 35.5. The maximum Gasteiger partial charge on any atom is 0.307 e. The molecule has 0 saturated carbocycles. The Morgan fingerprint density at radius 1 is 1.43 bits per heavy atom. The van der Waals surface area contributed by atoms with Crippen LogP contribution in [0, 0.1) is 10.1 Å². The van der Waals surface area contributed by atoms with Crippen LogP contribution < -0.4 is 0 Å². The maximum atomic E-state index is 12.2. The summed E-state index contributed by atoms with van der Waals surface area (Å²) in [5.41, 5.74) is -1.36. The van der Waals surface area contributed by atoms with Crippen LogP contribution in [0.5, 0.6) is 0 Å². The van der Waals surface area contributed by atoms with Crippen LogP contribution in [0.2, 0.25) is 10.0 Å². The van der Waals surface area contributed by atoms with Crippen molar-refractivity contribution in [3.63, 3.8) is 0 Å². The molecule has 0 aromatic carbocycles. The van der Waals surface area contributed by atoms with Gasteiger partial charge in [-0.2, -0.15) is 0 Å². The number of alkyl halides is 2. The number of hydrogen-bond donors (Lipinski definition) is 0. The van der Waals surface area contributed by atoms with Crippen LogP contribution in [0.15, 0.2) is 6.20 Å². The predicted molar refractivity (Wildman–Crippen MR) is 45.9 cm³/mol. The minimum atomic E-state index is -2.92. The number of hydrogen-bond acceptors (Lipinski definition) is 3. The van der Waals surface area contributed by atoms with Crippen molar-refractivity contribution in [3.8, 4) is 0 Å². The molecule has 1 aromatic rings. The number of halogens is 4. The van der Waals surface area contributed by atoms with Gasteiger partial charge in [-0.15, -0.1) is 0 Å². The molecule has 14 heavy (non-hydrogen) atoms. The summed E-state index contributed by atoms with van der Waals surface area (Å²) >= 11 is 10.7. The van der Waals surface area contributed by atoms with Crippen molar-refractivity contribution >= 4 is 28.9 Å². The smallest absolute Gasteiger partial charge is 0.258 e. The Hall–Kier alpha value is -1.01. The molecule has 1 aromatic heterocycles. The van der Waals surface area contributed by atoms with Crippen LogP contribution in [0.3, 0.4) is 0 Å². The summed E-state index contributed by atoms with van der Waals surface area (Å²) in [6.07, 6.45) is -2.27.